The van der Waals surface area contributed by atoms with Crippen molar-refractivity contribution in [3.8, 4) is 0 Å². The third-order valence-corrected chi connectivity index (χ3v) is 5.81. The van der Waals surface area contributed by atoms with Gasteiger partial charge in [-0.15, -0.1) is 0 Å². The van der Waals surface area contributed by atoms with Crippen LogP contribution in [0.3, 0.4) is 0 Å². The average molecular weight is 354 g/mol. The highest BCUT2D eigenvalue weighted by molar-refractivity contribution is 7.89. The predicted molar refractivity (Wildman–Crippen MR) is 89.0 cm³/mol. The first kappa shape index (κ1) is 18.4. The minimum atomic E-state index is -3.88. The monoisotopic (exact) mass is 354 g/mol. The van der Waals surface area contributed by atoms with E-state index in [0.717, 1.165) is 4.31 Å². The van der Waals surface area contributed by atoms with Gasteiger partial charge in [0.15, 0.2) is 0 Å². The van der Waals surface area contributed by atoms with Crippen molar-refractivity contribution >= 4 is 21.8 Å². The lowest BCUT2D eigenvalue weighted by Crippen LogP contribution is -2.49. The number of nitrogens with one attached hydrogen (secondary N) is 1. The van der Waals surface area contributed by atoms with E-state index in [-0.39, 0.29) is 22.9 Å². The van der Waals surface area contributed by atoms with Gasteiger partial charge in [-0.3, -0.25) is 9.59 Å². The molecule has 0 saturated carbocycles. The Morgan fingerprint density at radius 2 is 1.92 bits per heavy atom. The number of sulfonamides is 1. The molecule has 1 fully saturated rings. The summed E-state index contributed by atoms with van der Waals surface area (Å²) in [4.78, 5) is 25.2. The van der Waals surface area contributed by atoms with E-state index >= 15 is 0 Å². The van der Waals surface area contributed by atoms with Crippen molar-refractivity contribution in [2.24, 2.45) is 5.73 Å². The van der Waals surface area contributed by atoms with Gasteiger partial charge in [0.1, 0.15) is 0 Å². The van der Waals surface area contributed by atoms with Crippen molar-refractivity contribution < 1.29 is 18.0 Å². The van der Waals surface area contributed by atoms with Crippen LogP contribution in [0.5, 0.6) is 0 Å². The lowest BCUT2D eigenvalue weighted by molar-refractivity contribution is -0.131. The number of primary amides is 1. The third kappa shape index (κ3) is 3.92. The molecule has 0 aliphatic carbocycles. The van der Waals surface area contributed by atoms with Crippen molar-refractivity contribution in [1.29, 1.82) is 0 Å². The van der Waals surface area contributed by atoms with E-state index in [1.165, 1.54) is 25.2 Å². The molecule has 0 spiro atoms. The van der Waals surface area contributed by atoms with E-state index in [1.54, 1.807) is 11.8 Å². The van der Waals surface area contributed by atoms with Crippen LogP contribution in [-0.2, 0) is 14.8 Å². The lowest BCUT2D eigenvalue weighted by Gasteiger charge is -2.29. The molecule has 0 atom stereocenters. The molecule has 9 heteroatoms. The molecule has 1 heterocycles. The molecule has 0 unspecified atom stereocenters. The molecular formula is C15H22N4O4S. The van der Waals surface area contributed by atoms with Crippen LogP contribution >= 0.6 is 0 Å². The van der Waals surface area contributed by atoms with Crippen LogP contribution in [0, 0.1) is 6.92 Å². The van der Waals surface area contributed by atoms with Gasteiger partial charge in [-0.25, -0.2) is 8.42 Å². The van der Waals surface area contributed by atoms with Gasteiger partial charge in [-0.2, -0.15) is 4.31 Å². The molecule has 2 amide bonds. The zero-order valence-electron chi connectivity index (χ0n) is 13.8. The maximum Gasteiger partial charge on any atom is 0.249 e. The van der Waals surface area contributed by atoms with E-state index in [0.29, 0.717) is 31.7 Å². The molecule has 1 aliphatic heterocycles. The first-order valence-corrected chi connectivity index (χ1v) is 9.03. The van der Waals surface area contributed by atoms with E-state index in [2.05, 4.69) is 5.32 Å². The Labute approximate surface area is 141 Å². The minimum absolute atomic E-state index is 0.0579. The highest BCUT2D eigenvalue weighted by atomic mass is 32.2. The number of rotatable bonds is 5. The molecule has 3 N–H and O–H groups in total. The van der Waals surface area contributed by atoms with E-state index in [1.807, 2.05) is 0 Å². The largest absolute Gasteiger partial charge is 0.366 e. The Balaban J connectivity index is 2.18. The number of aryl methyl sites for hydroxylation is 1. The SMILES string of the molecule is Cc1ccc(S(=O)(=O)N(C)CC(=O)N2CCNCC2)cc1C(N)=O. The van der Waals surface area contributed by atoms with Gasteiger partial charge in [0.25, 0.3) is 0 Å². The second-order valence-electron chi connectivity index (χ2n) is 5.73. The van der Waals surface area contributed by atoms with Crippen LogP contribution in [0.4, 0.5) is 0 Å². The standard InChI is InChI=1S/C15H22N4O4S/c1-11-3-4-12(9-13(11)15(16)21)24(22,23)18(2)10-14(20)19-7-5-17-6-8-19/h3-4,9,17H,5-8,10H2,1-2H3,(H2,16,21). The Bertz CT molecular complexity index is 742. The summed E-state index contributed by atoms with van der Waals surface area (Å²) in [6.45, 7) is 3.94. The fourth-order valence-electron chi connectivity index (χ4n) is 2.50. The summed E-state index contributed by atoms with van der Waals surface area (Å²) in [6.07, 6.45) is 0. The number of nitrogens with two attached hydrogens (primary N) is 1. The maximum atomic E-state index is 12.6. The summed E-state index contributed by atoms with van der Waals surface area (Å²) in [7, 11) is -2.54. The number of likely N-dealkylation sites (N-methyl/N-ethyl adjacent to an activating group) is 1. The highest BCUT2D eigenvalue weighted by Gasteiger charge is 2.26. The third-order valence-electron chi connectivity index (χ3n) is 4.01. The lowest BCUT2D eigenvalue weighted by atomic mass is 10.1. The van der Waals surface area contributed by atoms with Gasteiger partial charge in [-0.05, 0) is 24.6 Å². The molecular weight excluding hydrogens is 332 g/mol. The number of amides is 2. The van der Waals surface area contributed by atoms with Crippen LogP contribution in [-0.4, -0.2) is 69.2 Å². The number of hydrogen-bond donors (Lipinski definition) is 2. The summed E-state index contributed by atoms with van der Waals surface area (Å²) < 4.78 is 26.2. The van der Waals surface area contributed by atoms with Crippen molar-refractivity contribution in [2.75, 3.05) is 39.8 Å². The van der Waals surface area contributed by atoms with Crippen molar-refractivity contribution in [3.05, 3.63) is 29.3 Å². The summed E-state index contributed by atoms with van der Waals surface area (Å²) in [5, 5.41) is 3.13. The molecule has 2 rings (SSSR count). The first-order valence-electron chi connectivity index (χ1n) is 7.59. The van der Waals surface area contributed by atoms with Crippen LogP contribution in [0.2, 0.25) is 0 Å². The predicted octanol–water partition coefficient (Wildman–Crippen LogP) is -0.854. The number of benzene rings is 1. The number of carbonyl (C=O) groups excluding carboxylic acids is 2. The zero-order valence-corrected chi connectivity index (χ0v) is 14.6. The van der Waals surface area contributed by atoms with Crippen LogP contribution < -0.4 is 11.1 Å². The maximum absolute atomic E-state index is 12.6. The smallest absolute Gasteiger partial charge is 0.249 e. The second kappa shape index (κ2) is 7.29. The minimum Gasteiger partial charge on any atom is -0.366 e. The molecule has 0 bridgehead atoms. The van der Waals surface area contributed by atoms with Crippen molar-refractivity contribution in [2.45, 2.75) is 11.8 Å². The number of piperazine rings is 1. The molecule has 132 valence electrons. The van der Waals surface area contributed by atoms with Crippen molar-refractivity contribution in [1.82, 2.24) is 14.5 Å². The first-order chi connectivity index (χ1) is 11.2. The topological polar surface area (TPSA) is 113 Å². The Morgan fingerprint density at radius 3 is 2.50 bits per heavy atom. The fourth-order valence-corrected chi connectivity index (χ4v) is 3.64. The normalized spacial score (nSPS) is 15.5. The Hall–Kier alpha value is -1.97. The van der Waals surface area contributed by atoms with Gasteiger partial charge in [0.05, 0.1) is 11.4 Å². The molecule has 0 radical (unpaired) electrons. The molecule has 1 saturated heterocycles. The van der Waals surface area contributed by atoms with Crippen LogP contribution in [0.15, 0.2) is 23.1 Å². The Kier molecular flexibility index (Phi) is 5.58. The van der Waals surface area contributed by atoms with Crippen LogP contribution in [0.1, 0.15) is 15.9 Å². The molecule has 1 aromatic rings. The molecule has 1 aliphatic rings. The van der Waals surface area contributed by atoms with E-state index in [9.17, 15) is 18.0 Å². The van der Waals surface area contributed by atoms with Gasteiger partial charge in [-0.1, -0.05) is 6.07 Å². The second-order valence-corrected chi connectivity index (χ2v) is 7.78. The molecule has 8 nitrogen and oxygen atoms in total. The van der Waals surface area contributed by atoms with Gasteiger partial charge >= 0.3 is 0 Å². The molecule has 24 heavy (non-hydrogen) atoms. The van der Waals surface area contributed by atoms with Gasteiger partial charge in [0.2, 0.25) is 21.8 Å². The van der Waals surface area contributed by atoms with Crippen LogP contribution in [0.25, 0.3) is 0 Å². The fraction of sp³-hybridized carbons (Fsp3) is 0.467. The summed E-state index contributed by atoms with van der Waals surface area (Å²) >= 11 is 0. The molecule has 1 aromatic carbocycles. The number of nitrogens with zero attached hydrogens (tertiary/aromatic N) is 2. The number of hydrogen-bond acceptors (Lipinski definition) is 5. The molecule has 0 aromatic heterocycles. The highest BCUT2D eigenvalue weighted by Crippen LogP contribution is 2.18. The number of carbonyl (C=O) groups is 2. The van der Waals surface area contributed by atoms with E-state index < -0.39 is 15.9 Å². The summed E-state index contributed by atoms with van der Waals surface area (Å²) in [6, 6.07) is 4.18. The summed E-state index contributed by atoms with van der Waals surface area (Å²) in [5.41, 5.74) is 6.02. The van der Waals surface area contributed by atoms with E-state index in [4.69, 9.17) is 5.73 Å². The van der Waals surface area contributed by atoms with Gasteiger partial charge in [0, 0.05) is 38.8 Å². The zero-order chi connectivity index (χ0) is 17.9. The average Bonchev–Trinajstić information content (AvgIpc) is 2.55. The van der Waals surface area contributed by atoms with Crippen molar-refractivity contribution in [3.63, 3.8) is 0 Å². The van der Waals surface area contributed by atoms with Gasteiger partial charge < -0.3 is 16.0 Å². The summed E-state index contributed by atoms with van der Waals surface area (Å²) in [5.74, 6) is -0.936. The Morgan fingerprint density at radius 1 is 1.29 bits per heavy atom. The quantitative estimate of drug-likeness (QED) is 0.715.